The summed E-state index contributed by atoms with van der Waals surface area (Å²) in [6.45, 7) is 1.56. The fourth-order valence-corrected chi connectivity index (χ4v) is 3.16. The Bertz CT molecular complexity index is 975. The Kier molecular flexibility index (Phi) is 5.69. The molecule has 0 atom stereocenters. The van der Waals surface area contributed by atoms with Gasteiger partial charge in [0.25, 0.3) is 5.91 Å². The summed E-state index contributed by atoms with van der Waals surface area (Å²) in [6.07, 6.45) is 0. The van der Waals surface area contributed by atoms with Crippen LogP contribution < -0.4 is 10.6 Å². The van der Waals surface area contributed by atoms with E-state index in [1.165, 1.54) is 30.3 Å². The summed E-state index contributed by atoms with van der Waals surface area (Å²) >= 11 is 11.6. The lowest BCUT2D eigenvalue weighted by atomic mass is 10.1. The van der Waals surface area contributed by atoms with Crippen molar-refractivity contribution in [1.82, 2.24) is 5.43 Å². The van der Waals surface area contributed by atoms with Crippen molar-refractivity contribution < 1.29 is 18.3 Å². The van der Waals surface area contributed by atoms with Crippen LogP contribution in [-0.2, 0) is 10.0 Å². The number of hydrogen-bond donors (Lipinski definition) is 3. The van der Waals surface area contributed by atoms with Crippen LogP contribution >= 0.6 is 23.2 Å². The Morgan fingerprint density at radius 3 is 2.52 bits per heavy atom. The van der Waals surface area contributed by atoms with Crippen LogP contribution in [0.4, 0.5) is 0 Å². The maximum atomic E-state index is 12.1. The zero-order chi connectivity index (χ0) is 18.8. The predicted molar refractivity (Wildman–Crippen MR) is 95.6 cm³/mol. The molecule has 2 aromatic rings. The van der Waals surface area contributed by atoms with Gasteiger partial charge in [-0.3, -0.25) is 4.79 Å². The van der Waals surface area contributed by atoms with Gasteiger partial charge in [0.05, 0.1) is 10.7 Å². The molecule has 7 nitrogen and oxygen atoms in total. The molecule has 0 radical (unpaired) electrons. The number of sulfonamides is 1. The predicted octanol–water partition coefficient (Wildman–Crippen LogP) is 2.50. The molecule has 0 aliphatic rings. The summed E-state index contributed by atoms with van der Waals surface area (Å²) in [5, 5.41) is 19.0. The molecule has 2 rings (SSSR count). The molecule has 0 aromatic heterocycles. The van der Waals surface area contributed by atoms with E-state index >= 15 is 0 Å². The van der Waals surface area contributed by atoms with E-state index in [-0.39, 0.29) is 21.2 Å². The van der Waals surface area contributed by atoms with Crippen molar-refractivity contribution in [3.63, 3.8) is 0 Å². The van der Waals surface area contributed by atoms with Crippen molar-refractivity contribution in [2.75, 3.05) is 0 Å². The largest absolute Gasteiger partial charge is 0.507 e. The Morgan fingerprint density at radius 2 is 1.88 bits per heavy atom. The van der Waals surface area contributed by atoms with E-state index in [9.17, 15) is 18.3 Å². The monoisotopic (exact) mass is 401 g/mol. The number of amides is 1. The number of nitrogens with one attached hydrogen (secondary N) is 1. The fourth-order valence-electron chi connectivity index (χ4n) is 1.92. The standard InChI is InChI=1S/C15H13Cl2N3O4S/c1-8(11-7-10(16)3-5-13(11)21)19-20-15(22)9-2-4-12(17)14(6-9)25(18,23)24/h2-7,21H,1H3,(H,20,22)(H2,18,23,24)/b19-8+. The van der Waals surface area contributed by atoms with Crippen molar-refractivity contribution in [3.05, 3.63) is 57.6 Å². The molecule has 4 N–H and O–H groups in total. The SMILES string of the molecule is C/C(=N\NC(=O)c1ccc(Cl)c(S(N)(=O)=O)c1)c1cc(Cl)ccc1O. The third-order valence-electron chi connectivity index (χ3n) is 3.17. The van der Waals surface area contributed by atoms with Gasteiger partial charge in [0, 0.05) is 16.1 Å². The zero-order valence-corrected chi connectivity index (χ0v) is 15.2. The highest BCUT2D eigenvalue weighted by Gasteiger charge is 2.16. The highest BCUT2D eigenvalue weighted by Crippen LogP contribution is 2.23. The first kappa shape index (κ1) is 19.2. The van der Waals surface area contributed by atoms with Crippen molar-refractivity contribution in [1.29, 1.82) is 0 Å². The minimum absolute atomic E-state index is 0.000269. The highest BCUT2D eigenvalue weighted by molar-refractivity contribution is 7.89. The minimum atomic E-state index is -4.07. The van der Waals surface area contributed by atoms with Gasteiger partial charge in [-0.15, -0.1) is 0 Å². The van der Waals surface area contributed by atoms with Crippen LogP contribution in [0.5, 0.6) is 5.75 Å². The summed E-state index contributed by atoms with van der Waals surface area (Å²) in [5.74, 6) is -0.731. The van der Waals surface area contributed by atoms with Gasteiger partial charge in [-0.1, -0.05) is 23.2 Å². The van der Waals surface area contributed by atoms with Gasteiger partial charge in [0.15, 0.2) is 0 Å². The van der Waals surface area contributed by atoms with Crippen molar-refractivity contribution in [3.8, 4) is 5.75 Å². The molecule has 0 fully saturated rings. The number of phenolic OH excluding ortho intramolecular Hbond substituents is 1. The number of rotatable bonds is 4. The Labute approximate surface area is 154 Å². The van der Waals surface area contributed by atoms with Crippen LogP contribution in [0.1, 0.15) is 22.8 Å². The number of benzene rings is 2. The van der Waals surface area contributed by atoms with Crippen LogP contribution in [0.3, 0.4) is 0 Å². The Hall–Kier alpha value is -2.13. The van der Waals surface area contributed by atoms with Crippen LogP contribution in [0.15, 0.2) is 46.4 Å². The summed E-state index contributed by atoms with van der Waals surface area (Å²) < 4.78 is 22.9. The smallest absolute Gasteiger partial charge is 0.271 e. The molecule has 1 amide bonds. The number of hydrogen-bond acceptors (Lipinski definition) is 5. The van der Waals surface area contributed by atoms with E-state index in [2.05, 4.69) is 10.5 Å². The normalized spacial score (nSPS) is 12.1. The van der Waals surface area contributed by atoms with Crippen molar-refractivity contribution in [2.45, 2.75) is 11.8 Å². The number of hydrazone groups is 1. The number of nitrogens with zero attached hydrogens (tertiary/aromatic N) is 1. The number of phenols is 1. The van der Waals surface area contributed by atoms with Crippen LogP contribution in [-0.4, -0.2) is 25.1 Å². The van der Waals surface area contributed by atoms with E-state index in [0.717, 1.165) is 6.07 Å². The Morgan fingerprint density at radius 1 is 1.20 bits per heavy atom. The lowest BCUT2D eigenvalue weighted by molar-refractivity contribution is 0.0954. The zero-order valence-electron chi connectivity index (χ0n) is 12.8. The van der Waals surface area contributed by atoms with Gasteiger partial charge in [0.2, 0.25) is 10.0 Å². The fraction of sp³-hybridized carbons (Fsp3) is 0.0667. The Balaban J connectivity index is 2.27. The molecular formula is C15H13Cl2N3O4S. The number of aromatic hydroxyl groups is 1. The van der Waals surface area contributed by atoms with E-state index in [4.69, 9.17) is 28.3 Å². The molecule has 0 heterocycles. The van der Waals surface area contributed by atoms with E-state index in [1.807, 2.05) is 0 Å². The second-order valence-electron chi connectivity index (χ2n) is 4.99. The lowest BCUT2D eigenvalue weighted by Gasteiger charge is -2.07. The second-order valence-corrected chi connectivity index (χ2v) is 7.36. The first-order chi connectivity index (χ1) is 11.6. The average Bonchev–Trinajstić information content (AvgIpc) is 2.53. The van der Waals surface area contributed by atoms with Gasteiger partial charge >= 0.3 is 0 Å². The molecule has 0 aliphatic heterocycles. The van der Waals surface area contributed by atoms with Gasteiger partial charge in [-0.25, -0.2) is 19.0 Å². The topological polar surface area (TPSA) is 122 Å². The molecule has 0 saturated heterocycles. The van der Waals surface area contributed by atoms with E-state index in [1.54, 1.807) is 6.92 Å². The molecule has 0 saturated carbocycles. The molecule has 25 heavy (non-hydrogen) atoms. The quantitative estimate of drug-likeness (QED) is 0.537. The molecule has 0 aliphatic carbocycles. The maximum absolute atomic E-state index is 12.1. The molecular weight excluding hydrogens is 389 g/mol. The first-order valence-electron chi connectivity index (χ1n) is 6.75. The third-order valence-corrected chi connectivity index (χ3v) is 4.80. The van der Waals surface area contributed by atoms with Crippen molar-refractivity contribution >= 4 is 44.8 Å². The van der Waals surface area contributed by atoms with Gasteiger partial charge < -0.3 is 5.11 Å². The highest BCUT2D eigenvalue weighted by atomic mass is 35.5. The molecule has 0 bridgehead atoms. The third kappa shape index (κ3) is 4.70. The summed E-state index contributed by atoms with van der Waals surface area (Å²) in [4.78, 5) is 11.8. The summed E-state index contributed by atoms with van der Waals surface area (Å²) in [7, 11) is -4.07. The van der Waals surface area contributed by atoms with E-state index in [0.29, 0.717) is 16.3 Å². The number of carbonyl (C=O) groups is 1. The van der Waals surface area contributed by atoms with Gasteiger partial charge in [0.1, 0.15) is 10.6 Å². The summed E-state index contributed by atoms with van der Waals surface area (Å²) in [5.41, 5.74) is 2.90. The average molecular weight is 402 g/mol. The number of primary sulfonamides is 1. The second kappa shape index (κ2) is 7.40. The maximum Gasteiger partial charge on any atom is 0.271 e. The van der Waals surface area contributed by atoms with Crippen molar-refractivity contribution in [2.24, 2.45) is 10.2 Å². The van der Waals surface area contributed by atoms with Gasteiger partial charge in [-0.2, -0.15) is 5.10 Å². The molecule has 2 aromatic carbocycles. The molecule has 132 valence electrons. The first-order valence-corrected chi connectivity index (χ1v) is 9.05. The van der Waals surface area contributed by atoms with Crippen LogP contribution in [0.2, 0.25) is 10.0 Å². The number of nitrogens with two attached hydrogens (primary N) is 1. The molecule has 10 heteroatoms. The van der Waals surface area contributed by atoms with E-state index < -0.39 is 15.9 Å². The summed E-state index contributed by atoms with van der Waals surface area (Å²) in [6, 6.07) is 8.02. The number of halogens is 2. The van der Waals surface area contributed by atoms with Gasteiger partial charge in [-0.05, 0) is 43.3 Å². The van der Waals surface area contributed by atoms with Crippen LogP contribution in [0, 0.1) is 0 Å². The van der Waals surface area contributed by atoms with Crippen LogP contribution in [0.25, 0.3) is 0 Å². The number of carbonyl (C=O) groups excluding carboxylic acids is 1. The molecule has 0 unspecified atom stereocenters. The lowest BCUT2D eigenvalue weighted by Crippen LogP contribution is -2.20. The minimum Gasteiger partial charge on any atom is -0.507 e. The molecule has 0 spiro atoms.